The summed E-state index contributed by atoms with van der Waals surface area (Å²) in [7, 11) is 1.39. The molecule has 0 aromatic heterocycles. The topological polar surface area (TPSA) is 43.4 Å². The minimum atomic E-state index is -0.160. The lowest BCUT2D eigenvalue weighted by molar-refractivity contribution is -0.140. The van der Waals surface area contributed by atoms with Crippen molar-refractivity contribution in [3.05, 3.63) is 0 Å². The number of ketones is 1. The maximum Gasteiger partial charge on any atom is 0.305 e. The third kappa shape index (κ3) is 9.40. The summed E-state index contributed by atoms with van der Waals surface area (Å²) in [5, 5.41) is 0. The molecule has 0 heterocycles. The molecule has 0 aromatic rings. The van der Waals surface area contributed by atoms with Crippen LogP contribution in [0.5, 0.6) is 0 Å². The SMILES string of the molecule is COC(=O)CCCSCCC(C)=O. The zero-order chi connectivity index (χ0) is 10.1. The molecule has 0 aliphatic heterocycles. The fourth-order valence-corrected chi connectivity index (χ4v) is 1.72. The molecule has 13 heavy (non-hydrogen) atoms. The molecule has 4 heteroatoms. The number of methoxy groups -OCH3 is 1. The van der Waals surface area contributed by atoms with Crippen molar-refractivity contribution in [2.75, 3.05) is 18.6 Å². The summed E-state index contributed by atoms with van der Waals surface area (Å²) in [6, 6.07) is 0. The van der Waals surface area contributed by atoms with Crippen LogP contribution in [0.1, 0.15) is 26.2 Å². The maximum absolute atomic E-state index is 10.7. The van der Waals surface area contributed by atoms with Crippen molar-refractivity contribution in [3.8, 4) is 0 Å². The number of ether oxygens (including phenoxy) is 1. The van der Waals surface area contributed by atoms with Crippen molar-refractivity contribution in [2.45, 2.75) is 26.2 Å². The van der Waals surface area contributed by atoms with E-state index < -0.39 is 0 Å². The largest absolute Gasteiger partial charge is 0.469 e. The lowest BCUT2D eigenvalue weighted by Gasteiger charge is -1.99. The number of carbonyl (C=O) groups excluding carboxylic acids is 2. The summed E-state index contributed by atoms with van der Waals surface area (Å²) in [6.07, 6.45) is 1.93. The molecule has 0 aliphatic rings. The van der Waals surface area contributed by atoms with Crippen molar-refractivity contribution in [3.63, 3.8) is 0 Å². The zero-order valence-corrected chi connectivity index (χ0v) is 8.99. The minimum Gasteiger partial charge on any atom is -0.469 e. The Balaban J connectivity index is 3.08. The van der Waals surface area contributed by atoms with Gasteiger partial charge < -0.3 is 4.74 Å². The van der Waals surface area contributed by atoms with E-state index in [1.165, 1.54) is 7.11 Å². The van der Waals surface area contributed by atoms with Gasteiger partial charge in [0.1, 0.15) is 5.78 Å². The van der Waals surface area contributed by atoms with Crippen LogP contribution in [0.3, 0.4) is 0 Å². The molecule has 0 N–H and O–H groups in total. The lowest BCUT2D eigenvalue weighted by Crippen LogP contribution is -2.00. The Labute approximate surface area is 83.2 Å². The average Bonchev–Trinajstić information content (AvgIpc) is 2.10. The molecule has 0 fully saturated rings. The van der Waals surface area contributed by atoms with E-state index in [2.05, 4.69) is 4.74 Å². The van der Waals surface area contributed by atoms with Crippen LogP contribution in [0.25, 0.3) is 0 Å². The van der Waals surface area contributed by atoms with Crippen molar-refractivity contribution in [1.29, 1.82) is 0 Å². The third-order valence-electron chi connectivity index (χ3n) is 1.50. The number of Topliss-reactive ketones (excluding diaryl/α,β-unsaturated/α-hetero) is 1. The quantitative estimate of drug-likeness (QED) is 0.467. The van der Waals surface area contributed by atoms with Gasteiger partial charge in [0, 0.05) is 18.6 Å². The summed E-state index contributed by atoms with van der Waals surface area (Å²) < 4.78 is 4.49. The summed E-state index contributed by atoms with van der Waals surface area (Å²) in [5.41, 5.74) is 0. The van der Waals surface area contributed by atoms with Crippen LogP contribution < -0.4 is 0 Å². The van der Waals surface area contributed by atoms with Crippen LogP contribution in [-0.2, 0) is 14.3 Å². The first-order valence-corrected chi connectivity index (χ1v) is 5.46. The molecule has 0 bridgehead atoms. The zero-order valence-electron chi connectivity index (χ0n) is 8.17. The van der Waals surface area contributed by atoms with Crippen LogP contribution in [0.4, 0.5) is 0 Å². The minimum absolute atomic E-state index is 0.160. The first-order chi connectivity index (χ1) is 6.16. The van der Waals surface area contributed by atoms with E-state index in [-0.39, 0.29) is 11.8 Å². The summed E-state index contributed by atoms with van der Waals surface area (Å²) in [6.45, 7) is 1.59. The Morgan fingerprint density at radius 1 is 1.23 bits per heavy atom. The summed E-state index contributed by atoms with van der Waals surface area (Å²) in [4.78, 5) is 21.2. The van der Waals surface area contributed by atoms with Gasteiger partial charge in [-0.3, -0.25) is 9.59 Å². The standard InChI is InChI=1S/C9H16O3S/c1-8(10)5-7-13-6-3-4-9(11)12-2/h3-7H2,1-2H3. The molecule has 0 aromatic carbocycles. The third-order valence-corrected chi connectivity index (χ3v) is 2.57. The second-order valence-corrected chi connectivity index (χ2v) is 3.97. The Kier molecular flexibility index (Phi) is 7.79. The predicted octanol–water partition coefficient (Wildman–Crippen LogP) is 1.65. The molecule has 0 unspecified atom stereocenters. The molecular weight excluding hydrogens is 188 g/mol. The van der Waals surface area contributed by atoms with E-state index in [1.54, 1.807) is 18.7 Å². The van der Waals surface area contributed by atoms with Gasteiger partial charge in [-0.25, -0.2) is 0 Å². The smallest absolute Gasteiger partial charge is 0.305 e. The van der Waals surface area contributed by atoms with E-state index in [9.17, 15) is 9.59 Å². The monoisotopic (exact) mass is 204 g/mol. The van der Waals surface area contributed by atoms with Gasteiger partial charge in [-0.1, -0.05) is 0 Å². The highest BCUT2D eigenvalue weighted by atomic mass is 32.2. The highest BCUT2D eigenvalue weighted by Crippen LogP contribution is 2.06. The van der Waals surface area contributed by atoms with Crippen LogP contribution >= 0.6 is 11.8 Å². The molecule has 0 amide bonds. The lowest BCUT2D eigenvalue weighted by atomic mass is 10.3. The molecule has 0 saturated heterocycles. The Morgan fingerprint density at radius 3 is 2.46 bits per heavy atom. The highest BCUT2D eigenvalue weighted by molar-refractivity contribution is 7.99. The maximum atomic E-state index is 10.7. The number of esters is 1. The number of thioether (sulfide) groups is 1. The van der Waals surface area contributed by atoms with Crippen LogP contribution in [0.15, 0.2) is 0 Å². The number of hydrogen-bond acceptors (Lipinski definition) is 4. The van der Waals surface area contributed by atoms with Crippen molar-refractivity contribution in [1.82, 2.24) is 0 Å². The van der Waals surface area contributed by atoms with Crippen molar-refractivity contribution >= 4 is 23.5 Å². The molecule has 0 aliphatic carbocycles. The second kappa shape index (κ2) is 8.10. The van der Waals surface area contributed by atoms with Crippen molar-refractivity contribution < 1.29 is 14.3 Å². The normalized spacial score (nSPS) is 9.69. The van der Waals surface area contributed by atoms with Gasteiger partial charge in [-0.05, 0) is 19.1 Å². The Bertz CT molecular complexity index is 168. The first kappa shape index (κ1) is 12.5. The van der Waals surface area contributed by atoms with Gasteiger partial charge in [-0.2, -0.15) is 11.8 Å². The van der Waals surface area contributed by atoms with Crippen LogP contribution in [0.2, 0.25) is 0 Å². The van der Waals surface area contributed by atoms with Gasteiger partial charge in [0.25, 0.3) is 0 Å². The fraction of sp³-hybridized carbons (Fsp3) is 0.778. The Hall–Kier alpha value is -0.510. The predicted molar refractivity (Wildman–Crippen MR) is 53.9 cm³/mol. The fourth-order valence-electron chi connectivity index (χ4n) is 0.739. The molecule has 0 atom stereocenters. The van der Waals surface area contributed by atoms with E-state index in [0.717, 1.165) is 17.9 Å². The van der Waals surface area contributed by atoms with E-state index in [1.807, 2.05) is 0 Å². The van der Waals surface area contributed by atoms with Gasteiger partial charge in [0.2, 0.25) is 0 Å². The summed E-state index contributed by atoms with van der Waals surface area (Å²) >= 11 is 1.71. The second-order valence-electron chi connectivity index (χ2n) is 2.74. The van der Waals surface area contributed by atoms with E-state index in [0.29, 0.717) is 12.8 Å². The highest BCUT2D eigenvalue weighted by Gasteiger charge is 1.99. The molecular formula is C9H16O3S. The van der Waals surface area contributed by atoms with Gasteiger partial charge in [-0.15, -0.1) is 0 Å². The molecule has 0 radical (unpaired) electrons. The van der Waals surface area contributed by atoms with Crippen LogP contribution in [0, 0.1) is 0 Å². The average molecular weight is 204 g/mol. The molecule has 3 nitrogen and oxygen atoms in total. The van der Waals surface area contributed by atoms with Gasteiger partial charge in [0.15, 0.2) is 0 Å². The Morgan fingerprint density at radius 2 is 1.92 bits per heavy atom. The molecule has 0 rings (SSSR count). The van der Waals surface area contributed by atoms with Gasteiger partial charge >= 0.3 is 5.97 Å². The van der Waals surface area contributed by atoms with Gasteiger partial charge in [0.05, 0.1) is 7.11 Å². The number of hydrogen-bond donors (Lipinski definition) is 0. The molecule has 76 valence electrons. The number of rotatable bonds is 7. The van der Waals surface area contributed by atoms with E-state index in [4.69, 9.17) is 0 Å². The number of carbonyl (C=O) groups is 2. The van der Waals surface area contributed by atoms with E-state index >= 15 is 0 Å². The molecule has 0 saturated carbocycles. The first-order valence-electron chi connectivity index (χ1n) is 4.31. The van der Waals surface area contributed by atoms with Crippen LogP contribution in [-0.4, -0.2) is 30.4 Å². The molecule has 0 spiro atoms. The van der Waals surface area contributed by atoms with Crippen molar-refractivity contribution in [2.24, 2.45) is 0 Å². The summed E-state index contributed by atoms with van der Waals surface area (Å²) in [5.74, 6) is 1.84.